The molecule has 3 atom stereocenters. The highest BCUT2D eigenvalue weighted by molar-refractivity contribution is 5.98. The van der Waals surface area contributed by atoms with Crippen LogP contribution in [-0.4, -0.2) is 70.6 Å². The quantitative estimate of drug-likeness (QED) is 0.658. The molecule has 2 heterocycles. The fourth-order valence-corrected chi connectivity index (χ4v) is 4.31. The van der Waals surface area contributed by atoms with E-state index in [-0.39, 0.29) is 42.4 Å². The van der Waals surface area contributed by atoms with Crippen LogP contribution in [0.2, 0.25) is 0 Å². The van der Waals surface area contributed by atoms with Crippen molar-refractivity contribution in [2.75, 3.05) is 26.7 Å². The van der Waals surface area contributed by atoms with Gasteiger partial charge < -0.3 is 19.6 Å². The van der Waals surface area contributed by atoms with Crippen molar-refractivity contribution >= 4 is 11.8 Å². The molecule has 0 radical (unpaired) electrons. The normalized spacial score (nSPS) is 20.7. The average Bonchev–Trinajstić information content (AvgIpc) is 3.69. The predicted octanol–water partition coefficient (Wildman–Crippen LogP) is 3.10. The molecule has 8 heteroatoms. The Bertz CT molecular complexity index is 1120. The molecule has 0 spiro atoms. The third kappa shape index (κ3) is 5.63. The topological polar surface area (TPSA) is 107 Å². The monoisotopic (exact) mass is 476 g/mol. The van der Waals surface area contributed by atoms with E-state index in [1.165, 1.54) is 0 Å². The number of likely N-dealkylation sites (N-methyl/N-ethyl adjacent to an activating group) is 1. The first kappa shape index (κ1) is 24.7. The number of carbonyl (C=O) groups excluding carboxylic acids is 2. The molecule has 0 unspecified atom stereocenters. The van der Waals surface area contributed by atoms with Crippen LogP contribution in [0.25, 0.3) is 11.1 Å². The maximum atomic E-state index is 13.6. The average molecular weight is 477 g/mol. The number of fused-ring (bicyclic) bond motifs is 1. The lowest BCUT2D eigenvalue weighted by molar-refractivity contribution is -0.131. The van der Waals surface area contributed by atoms with Crippen LogP contribution >= 0.6 is 0 Å². The highest BCUT2D eigenvalue weighted by Crippen LogP contribution is 2.33. The van der Waals surface area contributed by atoms with Gasteiger partial charge in [0.2, 0.25) is 11.8 Å². The first-order valence-corrected chi connectivity index (χ1v) is 12.1. The summed E-state index contributed by atoms with van der Waals surface area (Å²) in [6.07, 6.45) is 4.08. The summed E-state index contributed by atoms with van der Waals surface area (Å²) in [5.74, 6) is 0.487. The summed E-state index contributed by atoms with van der Waals surface area (Å²) in [7, 11) is 1.79. The molecular weight excluding hydrogens is 444 g/mol. The molecule has 1 aliphatic heterocycles. The largest absolute Gasteiger partial charge is 0.472 e. The fourth-order valence-electron chi connectivity index (χ4n) is 4.31. The molecule has 184 valence electrons. The van der Waals surface area contributed by atoms with Crippen molar-refractivity contribution in [2.24, 2.45) is 11.8 Å². The number of aliphatic hydroxyl groups excluding tert-OH is 1. The molecule has 1 aromatic carbocycles. The molecule has 2 aliphatic rings. The van der Waals surface area contributed by atoms with Crippen LogP contribution in [0, 0.1) is 23.2 Å². The van der Waals surface area contributed by atoms with Gasteiger partial charge in [-0.15, -0.1) is 0 Å². The fraction of sp³-hybridized carbons (Fsp3) is 0.481. The number of nitrogens with zero attached hydrogens (tertiary/aromatic N) is 4. The highest BCUT2D eigenvalue weighted by Gasteiger charge is 2.35. The van der Waals surface area contributed by atoms with Crippen molar-refractivity contribution < 1.29 is 19.4 Å². The molecule has 35 heavy (non-hydrogen) atoms. The molecule has 4 rings (SSSR count). The highest BCUT2D eigenvalue weighted by atomic mass is 16.5. The van der Waals surface area contributed by atoms with Crippen molar-refractivity contribution in [2.45, 2.75) is 45.3 Å². The minimum Gasteiger partial charge on any atom is -0.472 e. The Balaban J connectivity index is 1.66. The maximum absolute atomic E-state index is 13.6. The van der Waals surface area contributed by atoms with E-state index in [1.807, 2.05) is 26.0 Å². The summed E-state index contributed by atoms with van der Waals surface area (Å²) < 4.78 is 6.29. The molecule has 1 fully saturated rings. The Hall–Kier alpha value is -3.44. The van der Waals surface area contributed by atoms with Gasteiger partial charge in [-0.3, -0.25) is 9.59 Å². The molecule has 1 N–H and O–H groups in total. The van der Waals surface area contributed by atoms with E-state index in [1.54, 1.807) is 41.2 Å². The third-order valence-electron chi connectivity index (χ3n) is 6.91. The van der Waals surface area contributed by atoms with Crippen molar-refractivity contribution in [3.63, 3.8) is 0 Å². The second-order valence-corrected chi connectivity index (χ2v) is 9.81. The first-order valence-electron chi connectivity index (χ1n) is 12.1. The number of rotatable bonds is 7. The van der Waals surface area contributed by atoms with E-state index < -0.39 is 0 Å². The van der Waals surface area contributed by atoms with E-state index in [4.69, 9.17) is 10.00 Å². The maximum Gasteiger partial charge on any atom is 0.259 e. The Morgan fingerprint density at radius 3 is 2.66 bits per heavy atom. The third-order valence-corrected chi connectivity index (χ3v) is 6.91. The minimum absolute atomic E-state index is 0.0859. The van der Waals surface area contributed by atoms with Gasteiger partial charge in [-0.2, -0.15) is 5.26 Å². The predicted molar refractivity (Wildman–Crippen MR) is 131 cm³/mol. The zero-order valence-corrected chi connectivity index (χ0v) is 20.5. The Kier molecular flexibility index (Phi) is 7.37. The van der Waals surface area contributed by atoms with E-state index >= 15 is 0 Å². The van der Waals surface area contributed by atoms with Crippen LogP contribution in [0.5, 0.6) is 5.88 Å². The lowest BCUT2D eigenvalue weighted by Crippen LogP contribution is -2.50. The minimum atomic E-state index is -0.385. The summed E-state index contributed by atoms with van der Waals surface area (Å²) in [6, 6.07) is 10.5. The standard InChI is InChI=1S/C27H32N4O4/c1-17-14-31(18(2)16-32)27(34)23-11-22(21-8-6-20(12-28)7-9-21)13-29-26(23)35-24(17)15-30(3)25(33)10-19-4-5-19/h6-9,11,13,17-19,24,32H,4-5,10,14-16H2,1-3H3/t17-,18+,24+/m1/s1. The van der Waals surface area contributed by atoms with Gasteiger partial charge in [-0.1, -0.05) is 19.1 Å². The van der Waals surface area contributed by atoms with Crippen LogP contribution < -0.4 is 4.74 Å². The van der Waals surface area contributed by atoms with Crippen LogP contribution in [0.4, 0.5) is 0 Å². The molecular formula is C27H32N4O4. The van der Waals surface area contributed by atoms with Gasteiger partial charge >= 0.3 is 0 Å². The number of pyridine rings is 1. The summed E-state index contributed by atoms with van der Waals surface area (Å²) >= 11 is 0. The van der Waals surface area contributed by atoms with E-state index in [2.05, 4.69) is 11.1 Å². The Labute approximate surface area is 206 Å². The van der Waals surface area contributed by atoms with Gasteiger partial charge in [0.05, 0.1) is 30.8 Å². The molecule has 1 saturated carbocycles. The number of aromatic nitrogens is 1. The zero-order chi connectivity index (χ0) is 25.1. The summed E-state index contributed by atoms with van der Waals surface area (Å²) in [4.78, 5) is 34.1. The Morgan fingerprint density at radius 1 is 1.31 bits per heavy atom. The number of hydrogen-bond donors (Lipinski definition) is 1. The molecule has 1 aliphatic carbocycles. The van der Waals surface area contributed by atoms with Gasteiger partial charge in [0.1, 0.15) is 11.7 Å². The number of hydrogen-bond acceptors (Lipinski definition) is 6. The van der Waals surface area contributed by atoms with Gasteiger partial charge in [0, 0.05) is 37.7 Å². The second-order valence-electron chi connectivity index (χ2n) is 9.81. The lowest BCUT2D eigenvalue weighted by Gasteiger charge is -2.37. The number of nitriles is 1. The first-order chi connectivity index (χ1) is 16.8. The molecule has 1 aromatic heterocycles. The van der Waals surface area contributed by atoms with Crippen molar-refractivity contribution in [3.8, 4) is 23.1 Å². The van der Waals surface area contributed by atoms with Gasteiger partial charge in [0.25, 0.3) is 5.91 Å². The van der Waals surface area contributed by atoms with Crippen molar-refractivity contribution in [3.05, 3.63) is 47.7 Å². The summed E-state index contributed by atoms with van der Waals surface area (Å²) in [5.41, 5.74) is 2.42. The van der Waals surface area contributed by atoms with Crippen LogP contribution in [-0.2, 0) is 4.79 Å². The lowest BCUT2D eigenvalue weighted by atomic mass is 9.99. The Morgan fingerprint density at radius 2 is 2.03 bits per heavy atom. The van der Waals surface area contributed by atoms with E-state index in [0.29, 0.717) is 36.6 Å². The van der Waals surface area contributed by atoms with E-state index in [9.17, 15) is 14.7 Å². The molecule has 2 amide bonds. The smallest absolute Gasteiger partial charge is 0.259 e. The SMILES string of the molecule is C[C@@H]1CN([C@@H](C)CO)C(=O)c2cc(-c3ccc(C#N)cc3)cnc2O[C@H]1CN(C)C(=O)CC1CC1. The van der Waals surface area contributed by atoms with Crippen molar-refractivity contribution in [1.82, 2.24) is 14.8 Å². The second kappa shape index (κ2) is 10.4. The van der Waals surface area contributed by atoms with Crippen LogP contribution in [0.15, 0.2) is 36.5 Å². The number of ether oxygens (including phenoxy) is 1. The summed E-state index contributed by atoms with van der Waals surface area (Å²) in [6.45, 7) is 4.41. The van der Waals surface area contributed by atoms with Crippen LogP contribution in [0.3, 0.4) is 0 Å². The molecule has 2 aromatic rings. The number of amides is 2. The number of carbonyl (C=O) groups is 2. The van der Waals surface area contributed by atoms with E-state index in [0.717, 1.165) is 24.0 Å². The van der Waals surface area contributed by atoms with Crippen molar-refractivity contribution in [1.29, 1.82) is 5.26 Å². The molecule has 8 nitrogen and oxygen atoms in total. The molecule has 0 saturated heterocycles. The zero-order valence-electron chi connectivity index (χ0n) is 20.5. The van der Waals surface area contributed by atoms with Crippen LogP contribution in [0.1, 0.15) is 49.0 Å². The summed E-state index contributed by atoms with van der Waals surface area (Å²) in [5, 5.41) is 18.9. The van der Waals surface area contributed by atoms with Gasteiger partial charge in [-0.05, 0) is 49.4 Å². The van der Waals surface area contributed by atoms with Gasteiger partial charge in [-0.25, -0.2) is 4.98 Å². The van der Waals surface area contributed by atoms with Gasteiger partial charge in [0.15, 0.2) is 0 Å². The number of benzene rings is 1. The molecule has 0 bridgehead atoms. The number of aliphatic hydroxyl groups is 1.